The van der Waals surface area contributed by atoms with Crippen LogP contribution in [0.5, 0.6) is 5.19 Å². The maximum atomic E-state index is 9.52. The summed E-state index contributed by atoms with van der Waals surface area (Å²) in [5.41, 5.74) is 0. The molecule has 0 aliphatic carbocycles. The average molecular weight is 233 g/mol. The minimum atomic E-state index is -1.17. The summed E-state index contributed by atoms with van der Waals surface area (Å²) in [7, 11) is 0. The Kier molecular flexibility index (Phi) is 3.17. The molecule has 4 atom stereocenters. The lowest BCUT2D eigenvalue weighted by Gasteiger charge is -2.13. The van der Waals surface area contributed by atoms with Crippen molar-refractivity contribution in [1.29, 1.82) is 0 Å². The number of aliphatic hydroxyl groups is 3. The Morgan fingerprint density at radius 3 is 2.80 bits per heavy atom. The van der Waals surface area contributed by atoms with Crippen molar-refractivity contribution in [1.82, 2.24) is 4.98 Å². The number of thiazole rings is 1. The van der Waals surface area contributed by atoms with Crippen LogP contribution in [0.15, 0.2) is 11.6 Å². The van der Waals surface area contributed by atoms with Crippen LogP contribution >= 0.6 is 11.3 Å². The first kappa shape index (κ1) is 10.8. The van der Waals surface area contributed by atoms with Gasteiger partial charge in [-0.15, -0.1) is 0 Å². The molecule has 15 heavy (non-hydrogen) atoms. The monoisotopic (exact) mass is 233 g/mol. The van der Waals surface area contributed by atoms with Crippen molar-refractivity contribution in [2.45, 2.75) is 24.6 Å². The summed E-state index contributed by atoms with van der Waals surface area (Å²) in [6.45, 7) is -0.365. The van der Waals surface area contributed by atoms with Gasteiger partial charge in [0.05, 0.1) is 6.61 Å². The van der Waals surface area contributed by atoms with Crippen molar-refractivity contribution in [3.63, 3.8) is 0 Å². The highest BCUT2D eigenvalue weighted by molar-refractivity contribution is 7.11. The maximum Gasteiger partial charge on any atom is 0.275 e. The Balaban J connectivity index is 1.99. The molecule has 0 aromatic carbocycles. The van der Waals surface area contributed by atoms with Gasteiger partial charge in [0.2, 0.25) is 6.29 Å². The van der Waals surface area contributed by atoms with Gasteiger partial charge >= 0.3 is 0 Å². The summed E-state index contributed by atoms with van der Waals surface area (Å²) < 4.78 is 10.3. The van der Waals surface area contributed by atoms with Crippen molar-refractivity contribution in [3.8, 4) is 5.19 Å². The van der Waals surface area contributed by atoms with Gasteiger partial charge in [-0.1, -0.05) is 11.3 Å². The summed E-state index contributed by atoms with van der Waals surface area (Å²) in [5, 5.41) is 29.9. The molecule has 3 N–H and O–H groups in total. The molecule has 1 aromatic heterocycles. The van der Waals surface area contributed by atoms with E-state index in [1.165, 1.54) is 11.3 Å². The molecule has 1 aromatic rings. The number of aromatic nitrogens is 1. The lowest BCUT2D eigenvalue weighted by atomic mass is 10.1. The highest BCUT2D eigenvalue weighted by atomic mass is 32.1. The third-order valence-electron chi connectivity index (χ3n) is 2.13. The zero-order chi connectivity index (χ0) is 10.8. The van der Waals surface area contributed by atoms with Crippen molar-refractivity contribution >= 4 is 11.3 Å². The first-order chi connectivity index (χ1) is 7.22. The van der Waals surface area contributed by atoms with Crippen LogP contribution in [-0.4, -0.2) is 51.5 Å². The molecule has 1 aliphatic rings. The lowest BCUT2D eigenvalue weighted by Crippen LogP contribution is -2.35. The zero-order valence-electron chi connectivity index (χ0n) is 7.68. The summed E-state index contributed by atoms with van der Waals surface area (Å²) in [6, 6.07) is 0. The Bertz CT molecular complexity index is 306. The Hall–Kier alpha value is -0.730. The molecule has 2 heterocycles. The Morgan fingerprint density at radius 2 is 2.27 bits per heavy atom. The van der Waals surface area contributed by atoms with Gasteiger partial charge in [-0.05, 0) is 0 Å². The van der Waals surface area contributed by atoms with E-state index < -0.39 is 24.6 Å². The zero-order valence-corrected chi connectivity index (χ0v) is 8.50. The van der Waals surface area contributed by atoms with Crippen LogP contribution in [0.2, 0.25) is 0 Å². The molecular weight excluding hydrogens is 222 g/mol. The molecule has 0 unspecified atom stereocenters. The molecular formula is C8H11NO5S. The van der Waals surface area contributed by atoms with Crippen LogP contribution in [0.3, 0.4) is 0 Å². The van der Waals surface area contributed by atoms with Crippen molar-refractivity contribution in [2.24, 2.45) is 0 Å². The molecule has 1 saturated heterocycles. The highest BCUT2D eigenvalue weighted by Gasteiger charge is 2.44. The van der Waals surface area contributed by atoms with E-state index in [0.717, 1.165) is 0 Å². The number of hydrogen-bond donors (Lipinski definition) is 3. The fraction of sp³-hybridized carbons (Fsp3) is 0.625. The molecule has 7 heteroatoms. The largest absolute Gasteiger partial charge is 0.437 e. The van der Waals surface area contributed by atoms with E-state index in [1.54, 1.807) is 11.6 Å². The van der Waals surface area contributed by atoms with E-state index in [1.807, 2.05) is 0 Å². The second-order valence-corrected chi connectivity index (χ2v) is 3.98. The van der Waals surface area contributed by atoms with E-state index in [0.29, 0.717) is 5.19 Å². The van der Waals surface area contributed by atoms with Crippen LogP contribution < -0.4 is 4.74 Å². The van der Waals surface area contributed by atoms with E-state index >= 15 is 0 Å². The lowest BCUT2D eigenvalue weighted by molar-refractivity contribution is -0.116. The maximum absolute atomic E-state index is 9.52. The fourth-order valence-electron chi connectivity index (χ4n) is 1.33. The first-order valence-electron chi connectivity index (χ1n) is 4.41. The summed E-state index contributed by atoms with van der Waals surface area (Å²) in [6.07, 6.45) is -2.55. The van der Waals surface area contributed by atoms with E-state index in [2.05, 4.69) is 4.98 Å². The van der Waals surface area contributed by atoms with E-state index in [9.17, 15) is 10.2 Å². The van der Waals surface area contributed by atoms with Gasteiger partial charge in [0.25, 0.3) is 5.19 Å². The smallest absolute Gasteiger partial charge is 0.275 e. The van der Waals surface area contributed by atoms with Crippen LogP contribution in [0.1, 0.15) is 0 Å². The van der Waals surface area contributed by atoms with Gasteiger partial charge < -0.3 is 24.8 Å². The van der Waals surface area contributed by atoms with E-state index in [-0.39, 0.29) is 6.61 Å². The SMILES string of the molecule is OC[C@H]1O[C@H](Oc2nccs2)[C@@H](O)[C@@H]1O. The quantitative estimate of drug-likeness (QED) is 0.617. The number of aliphatic hydroxyl groups excluding tert-OH is 3. The minimum Gasteiger partial charge on any atom is -0.437 e. The normalized spacial score (nSPS) is 35.7. The predicted octanol–water partition coefficient (Wildman–Crippen LogP) is -1.04. The molecule has 1 aliphatic heterocycles. The van der Waals surface area contributed by atoms with Gasteiger partial charge in [0.15, 0.2) is 0 Å². The van der Waals surface area contributed by atoms with Crippen molar-refractivity contribution in [2.75, 3.05) is 6.61 Å². The summed E-state index contributed by atoms with van der Waals surface area (Å²) in [5.74, 6) is 0. The number of hydrogen-bond acceptors (Lipinski definition) is 7. The van der Waals surface area contributed by atoms with Crippen LogP contribution in [0.4, 0.5) is 0 Å². The minimum absolute atomic E-state index is 0.352. The van der Waals surface area contributed by atoms with Gasteiger partial charge in [-0.3, -0.25) is 0 Å². The topological polar surface area (TPSA) is 92.0 Å². The Labute approximate surface area is 89.7 Å². The predicted molar refractivity (Wildman–Crippen MR) is 50.5 cm³/mol. The molecule has 0 saturated carbocycles. The molecule has 0 radical (unpaired) electrons. The first-order valence-corrected chi connectivity index (χ1v) is 5.29. The molecule has 6 nitrogen and oxygen atoms in total. The third kappa shape index (κ3) is 2.11. The third-order valence-corrected chi connectivity index (χ3v) is 2.79. The molecule has 1 fully saturated rings. The second kappa shape index (κ2) is 4.42. The fourth-order valence-corrected chi connectivity index (χ4v) is 1.84. The van der Waals surface area contributed by atoms with Crippen LogP contribution in [0.25, 0.3) is 0 Å². The molecule has 2 rings (SSSR count). The Morgan fingerprint density at radius 1 is 1.47 bits per heavy atom. The number of ether oxygens (including phenoxy) is 2. The van der Waals surface area contributed by atoms with Gasteiger partial charge in [0, 0.05) is 11.6 Å². The molecule has 84 valence electrons. The van der Waals surface area contributed by atoms with E-state index in [4.69, 9.17) is 14.6 Å². The van der Waals surface area contributed by atoms with Gasteiger partial charge in [0.1, 0.15) is 18.3 Å². The second-order valence-electron chi connectivity index (χ2n) is 3.12. The number of nitrogens with zero attached hydrogens (tertiary/aromatic N) is 1. The molecule has 0 amide bonds. The van der Waals surface area contributed by atoms with Crippen molar-refractivity contribution < 1.29 is 24.8 Å². The standard InChI is InChI=1S/C8H11NO5S/c10-3-4-5(11)6(12)7(13-4)14-8-9-1-2-15-8/h1-2,4-7,10-12H,3H2/t4-,5-,6+,7-/m1/s1. The van der Waals surface area contributed by atoms with Crippen LogP contribution in [0, 0.1) is 0 Å². The van der Waals surface area contributed by atoms with Gasteiger partial charge in [-0.2, -0.15) is 0 Å². The average Bonchev–Trinajstić information content (AvgIpc) is 2.82. The highest BCUT2D eigenvalue weighted by Crippen LogP contribution is 2.25. The molecule has 0 bridgehead atoms. The summed E-state index contributed by atoms with van der Waals surface area (Å²) >= 11 is 1.25. The summed E-state index contributed by atoms with van der Waals surface area (Å²) in [4.78, 5) is 3.85. The number of rotatable bonds is 3. The van der Waals surface area contributed by atoms with Gasteiger partial charge in [-0.25, -0.2) is 4.98 Å². The van der Waals surface area contributed by atoms with Crippen LogP contribution in [-0.2, 0) is 4.74 Å². The molecule has 0 spiro atoms. The van der Waals surface area contributed by atoms with Crippen molar-refractivity contribution in [3.05, 3.63) is 11.6 Å².